The van der Waals surface area contributed by atoms with Crippen molar-refractivity contribution < 1.29 is 4.79 Å². The van der Waals surface area contributed by atoms with Crippen LogP contribution in [0.15, 0.2) is 29.3 Å². The number of likely N-dealkylation sites (tertiary alicyclic amines) is 1. The zero-order valence-corrected chi connectivity index (χ0v) is 18.0. The summed E-state index contributed by atoms with van der Waals surface area (Å²) in [6, 6.07) is 7.90. The predicted molar refractivity (Wildman–Crippen MR) is 118 cm³/mol. The number of thioether (sulfide) groups is 1. The lowest BCUT2D eigenvalue weighted by atomic mass is 10.2. The highest BCUT2D eigenvalue weighted by Crippen LogP contribution is 2.14. The second-order valence-corrected chi connectivity index (χ2v) is 6.66. The van der Waals surface area contributed by atoms with Crippen LogP contribution in [0, 0.1) is 0 Å². The monoisotopic (exact) mass is 477 g/mol. The maximum atomic E-state index is 12.2. The van der Waals surface area contributed by atoms with Gasteiger partial charge in [-0.2, -0.15) is 11.8 Å². The molecule has 0 bridgehead atoms. The Labute approximate surface area is 171 Å². The average Bonchev–Trinajstić information content (AvgIpc) is 3.13. The van der Waals surface area contributed by atoms with E-state index in [2.05, 4.69) is 27.2 Å². The quantitative estimate of drug-likeness (QED) is 0.255. The summed E-state index contributed by atoms with van der Waals surface area (Å²) < 4.78 is 0. The molecule has 140 valence electrons. The van der Waals surface area contributed by atoms with E-state index in [0.29, 0.717) is 6.54 Å². The first-order valence-corrected chi connectivity index (χ1v) is 9.70. The van der Waals surface area contributed by atoms with E-state index in [1.54, 1.807) is 18.8 Å². The van der Waals surface area contributed by atoms with Crippen molar-refractivity contribution in [1.82, 2.24) is 15.5 Å². The minimum atomic E-state index is -0.00727. The fourth-order valence-corrected chi connectivity index (χ4v) is 2.87. The van der Waals surface area contributed by atoms with Crippen molar-refractivity contribution in [2.24, 2.45) is 4.99 Å². The third-order valence-corrected chi connectivity index (χ3v) is 4.47. The summed E-state index contributed by atoms with van der Waals surface area (Å²) in [4.78, 5) is 18.2. The minimum absolute atomic E-state index is 0. The second kappa shape index (κ2) is 12.2. The molecule has 6 nitrogen and oxygen atoms in total. The molecule has 0 spiro atoms. The van der Waals surface area contributed by atoms with Gasteiger partial charge in [0.05, 0.1) is 0 Å². The molecule has 1 aliphatic rings. The van der Waals surface area contributed by atoms with Gasteiger partial charge in [0.15, 0.2) is 5.96 Å². The normalized spacial score (nSPS) is 14.0. The Hall–Kier alpha value is -1.16. The average molecular weight is 477 g/mol. The molecule has 1 aromatic carbocycles. The molecular formula is C17H28IN5OS. The number of halogens is 1. The predicted octanol–water partition coefficient (Wildman–Crippen LogP) is 2.96. The molecular weight excluding hydrogens is 449 g/mol. The lowest BCUT2D eigenvalue weighted by molar-refractivity contribution is 0.222. The largest absolute Gasteiger partial charge is 0.356 e. The van der Waals surface area contributed by atoms with Gasteiger partial charge in [-0.05, 0) is 36.8 Å². The standard InChI is InChI=1S/C17H27N5OS.HI/c1-18-16(19-8-11-24-2)20-13-14-6-5-7-15(12-14)21-17(23)22-9-3-4-10-22;/h5-7,12H,3-4,8-11,13H2,1-2H3,(H,21,23)(H2,18,19,20);1H. The third-order valence-electron chi connectivity index (χ3n) is 3.85. The van der Waals surface area contributed by atoms with E-state index in [-0.39, 0.29) is 30.0 Å². The van der Waals surface area contributed by atoms with Gasteiger partial charge in [0.2, 0.25) is 0 Å². The van der Waals surface area contributed by atoms with Gasteiger partial charge in [-0.3, -0.25) is 4.99 Å². The molecule has 0 aromatic heterocycles. The van der Waals surface area contributed by atoms with E-state index in [1.165, 1.54) is 0 Å². The van der Waals surface area contributed by atoms with E-state index in [9.17, 15) is 4.79 Å². The molecule has 2 rings (SSSR count). The van der Waals surface area contributed by atoms with E-state index < -0.39 is 0 Å². The zero-order chi connectivity index (χ0) is 17.2. The van der Waals surface area contributed by atoms with Gasteiger partial charge in [0.25, 0.3) is 0 Å². The molecule has 1 saturated heterocycles. The molecule has 0 unspecified atom stereocenters. The summed E-state index contributed by atoms with van der Waals surface area (Å²) in [6.45, 7) is 3.25. The number of amides is 2. The number of benzene rings is 1. The van der Waals surface area contributed by atoms with E-state index in [4.69, 9.17) is 0 Å². The maximum Gasteiger partial charge on any atom is 0.321 e. The van der Waals surface area contributed by atoms with Gasteiger partial charge in [-0.25, -0.2) is 4.79 Å². The first-order chi connectivity index (χ1) is 11.7. The fourth-order valence-electron chi connectivity index (χ4n) is 2.56. The fraction of sp³-hybridized carbons (Fsp3) is 0.529. The van der Waals surface area contributed by atoms with Crippen molar-refractivity contribution in [3.63, 3.8) is 0 Å². The van der Waals surface area contributed by atoms with Crippen LogP contribution in [0.2, 0.25) is 0 Å². The topological polar surface area (TPSA) is 68.8 Å². The van der Waals surface area contributed by atoms with Crippen LogP contribution in [-0.4, -0.2) is 55.6 Å². The molecule has 8 heteroatoms. The van der Waals surface area contributed by atoms with Crippen LogP contribution in [0.1, 0.15) is 18.4 Å². The first kappa shape index (κ1) is 21.9. The highest BCUT2D eigenvalue weighted by atomic mass is 127. The Balaban J connectivity index is 0.00000312. The van der Waals surface area contributed by atoms with Crippen molar-refractivity contribution in [3.05, 3.63) is 29.8 Å². The van der Waals surface area contributed by atoms with E-state index in [0.717, 1.165) is 55.4 Å². The number of carbonyl (C=O) groups is 1. The molecule has 0 radical (unpaired) electrons. The number of nitrogens with one attached hydrogen (secondary N) is 3. The number of hydrogen-bond acceptors (Lipinski definition) is 3. The van der Waals surface area contributed by atoms with Crippen LogP contribution in [0.3, 0.4) is 0 Å². The Morgan fingerprint density at radius 2 is 2.04 bits per heavy atom. The molecule has 0 aliphatic carbocycles. The third kappa shape index (κ3) is 7.72. The van der Waals surface area contributed by atoms with Crippen molar-refractivity contribution >= 4 is 53.4 Å². The number of guanidine groups is 1. The number of carbonyl (C=O) groups excluding carboxylic acids is 1. The molecule has 1 aliphatic heterocycles. The minimum Gasteiger partial charge on any atom is -0.356 e. The molecule has 1 heterocycles. The number of urea groups is 1. The van der Waals surface area contributed by atoms with Gasteiger partial charge < -0.3 is 20.9 Å². The summed E-state index contributed by atoms with van der Waals surface area (Å²) in [5.74, 6) is 1.83. The number of hydrogen-bond donors (Lipinski definition) is 3. The van der Waals surface area contributed by atoms with Crippen molar-refractivity contribution in [1.29, 1.82) is 0 Å². The van der Waals surface area contributed by atoms with Crippen LogP contribution in [-0.2, 0) is 6.54 Å². The van der Waals surface area contributed by atoms with E-state index in [1.807, 2.05) is 29.2 Å². The van der Waals surface area contributed by atoms with Crippen molar-refractivity contribution in [2.75, 3.05) is 44.0 Å². The van der Waals surface area contributed by atoms with Crippen LogP contribution in [0.4, 0.5) is 10.5 Å². The SMILES string of the molecule is CN=C(NCCSC)NCc1cccc(NC(=O)N2CCCC2)c1.I. The zero-order valence-electron chi connectivity index (χ0n) is 14.9. The Bertz CT molecular complexity index is 564. The number of rotatable bonds is 6. The van der Waals surface area contributed by atoms with Crippen molar-refractivity contribution in [3.8, 4) is 0 Å². The molecule has 25 heavy (non-hydrogen) atoms. The Morgan fingerprint density at radius 3 is 2.72 bits per heavy atom. The Morgan fingerprint density at radius 1 is 1.28 bits per heavy atom. The maximum absolute atomic E-state index is 12.2. The van der Waals surface area contributed by atoms with Gasteiger partial charge in [-0.15, -0.1) is 24.0 Å². The van der Waals surface area contributed by atoms with E-state index >= 15 is 0 Å². The van der Waals surface area contributed by atoms with Crippen LogP contribution in [0.25, 0.3) is 0 Å². The smallest absolute Gasteiger partial charge is 0.321 e. The Kier molecular flexibility index (Phi) is 10.7. The number of aliphatic imine (C=N–C) groups is 1. The summed E-state index contributed by atoms with van der Waals surface area (Å²) in [7, 11) is 1.76. The first-order valence-electron chi connectivity index (χ1n) is 8.31. The summed E-state index contributed by atoms with van der Waals surface area (Å²) in [5.41, 5.74) is 1.93. The second-order valence-electron chi connectivity index (χ2n) is 5.67. The molecule has 3 N–H and O–H groups in total. The van der Waals surface area contributed by atoms with Crippen LogP contribution >= 0.6 is 35.7 Å². The highest BCUT2D eigenvalue weighted by Gasteiger charge is 2.17. The van der Waals surface area contributed by atoms with Crippen LogP contribution in [0.5, 0.6) is 0 Å². The summed E-state index contributed by atoms with van der Waals surface area (Å²) in [5, 5.41) is 9.53. The van der Waals surface area contributed by atoms with Gasteiger partial charge >= 0.3 is 6.03 Å². The number of nitrogens with zero attached hydrogens (tertiary/aromatic N) is 2. The molecule has 2 amide bonds. The molecule has 0 saturated carbocycles. The van der Waals surface area contributed by atoms with Gasteiger partial charge in [0, 0.05) is 44.7 Å². The van der Waals surface area contributed by atoms with Crippen molar-refractivity contribution in [2.45, 2.75) is 19.4 Å². The summed E-state index contributed by atoms with van der Waals surface area (Å²) >= 11 is 1.80. The lowest BCUT2D eigenvalue weighted by Gasteiger charge is -2.17. The highest BCUT2D eigenvalue weighted by molar-refractivity contribution is 14.0. The molecule has 0 atom stereocenters. The molecule has 1 fully saturated rings. The van der Waals surface area contributed by atoms with Gasteiger partial charge in [-0.1, -0.05) is 12.1 Å². The van der Waals surface area contributed by atoms with Crippen LogP contribution < -0.4 is 16.0 Å². The van der Waals surface area contributed by atoms with Gasteiger partial charge in [0.1, 0.15) is 0 Å². The summed E-state index contributed by atoms with van der Waals surface area (Å²) in [6.07, 6.45) is 4.28. The lowest BCUT2D eigenvalue weighted by Crippen LogP contribution is -2.37. The number of anilines is 1. The molecule has 1 aromatic rings.